The molecule has 0 radical (unpaired) electrons. The molecule has 3 aromatic heterocycles. The van der Waals surface area contributed by atoms with Crippen molar-refractivity contribution in [3.05, 3.63) is 36.1 Å². The maximum absolute atomic E-state index is 5.45. The van der Waals surface area contributed by atoms with Crippen LogP contribution < -0.4 is 5.32 Å². The molecule has 1 saturated carbocycles. The van der Waals surface area contributed by atoms with Crippen LogP contribution in [-0.4, -0.2) is 57.7 Å². The van der Waals surface area contributed by atoms with Crippen LogP contribution in [-0.2, 0) is 11.3 Å². The van der Waals surface area contributed by atoms with E-state index in [0.29, 0.717) is 24.7 Å². The number of rotatable bonds is 9. The Balaban J connectivity index is 1.73. The lowest BCUT2D eigenvalue weighted by Gasteiger charge is -2.35. The lowest BCUT2D eigenvalue weighted by Crippen LogP contribution is -2.40. The van der Waals surface area contributed by atoms with E-state index >= 15 is 0 Å². The van der Waals surface area contributed by atoms with Crippen LogP contribution in [0, 0.1) is 6.92 Å². The van der Waals surface area contributed by atoms with Gasteiger partial charge in [-0.15, -0.1) is 11.3 Å². The highest BCUT2D eigenvalue weighted by Gasteiger charge is 2.30. The van der Waals surface area contributed by atoms with E-state index in [0.717, 1.165) is 45.3 Å². The highest BCUT2D eigenvalue weighted by molar-refractivity contribution is 7.22. The first-order chi connectivity index (χ1) is 15.4. The maximum Gasteiger partial charge on any atom is 0.151 e. The molecular formula is C23H31N7OS. The van der Waals surface area contributed by atoms with Gasteiger partial charge in [0.25, 0.3) is 0 Å². The topological polar surface area (TPSA) is 80.5 Å². The summed E-state index contributed by atoms with van der Waals surface area (Å²) in [6, 6.07) is 2.76. The van der Waals surface area contributed by atoms with Crippen molar-refractivity contribution in [2.75, 3.05) is 19.5 Å². The van der Waals surface area contributed by atoms with E-state index in [1.165, 1.54) is 5.56 Å². The number of nitrogens with one attached hydrogen (secondary N) is 1. The Bertz CT molecular complexity index is 1130. The van der Waals surface area contributed by atoms with E-state index in [1.54, 1.807) is 24.6 Å². The average Bonchev–Trinajstić information content (AvgIpc) is 3.34. The number of methoxy groups -OCH3 is 1. The van der Waals surface area contributed by atoms with Gasteiger partial charge in [0.1, 0.15) is 16.3 Å². The lowest BCUT2D eigenvalue weighted by molar-refractivity contribution is 0.0328. The molecule has 1 aliphatic rings. The van der Waals surface area contributed by atoms with E-state index in [1.807, 2.05) is 29.0 Å². The number of anilines is 1. The van der Waals surface area contributed by atoms with Crippen molar-refractivity contribution in [3.63, 3.8) is 0 Å². The van der Waals surface area contributed by atoms with Gasteiger partial charge in [-0.05, 0) is 52.0 Å². The lowest BCUT2D eigenvalue weighted by atomic mass is 9.89. The molecule has 0 bridgehead atoms. The van der Waals surface area contributed by atoms with Gasteiger partial charge in [-0.1, -0.05) is 0 Å². The summed E-state index contributed by atoms with van der Waals surface area (Å²) in [4.78, 5) is 17.7. The molecule has 32 heavy (non-hydrogen) atoms. The minimum atomic E-state index is 0.322. The number of aromatic nitrogens is 4. The van der Waals surface area contributed by atoms with Crippen LogP contribution in [0.5, 0.6) is 0 Å². The molecule has 8 nitrogen and oxygen atoms in total. The van der Waals surface area contributed by atoms with Gasteiger partial charge in [-0.25, -0.2) is 9.97 Å². The maximum atomic E-state index is 5.45. The first-order valence-corrected chi connectivity index (χ1v) is 11.7. The van der Waals surface area contributed by atoms with Gasteiger partial charge in [0, 0.05) is 44.8 Å². The zero-order valence-corrected chi connectivity index (χ0v) is 20.2. The minimum Gasteiger partial charge on any atom is -0.381 e. The average molecular weight is 454 g/mol. The summed E-state index contributed by atoms with van der Waals surface area (Å²) in [6.45, 7) is 10.5. The van der Waals surface area contributed by atoms with Crippen LogP contribution >= 0.6 is 11.3 Å². The Morgan fingerprint density at radius 1 is 1.41 bits per heavy atom. The first kappa shape index (κ1) is 22.4. The van der Waals surface area contributed by atoms with E-state index < -0.39 is 0 Å². The number of hydrogen-bond acceptors (Lipinski definition) is 8. The van der Waals surface area contributed by atoms with Gasteiger partial charge in [-0.3, -0.25) is 9.67 Å². The summed E-state index contributed by atoms with van der Waals surface area (Å²) in [6.07, 6.45) is 7.86. The van der Waals surface area contributed by atoms with Gasteiger partial charge < -0.3 is 15.0 Å². The van der Waals surface area contributed by atoms with Gasteiger partial charge in [0.15, 0.2) is 5.82 Å². The number of ether oxygens (including phenoxy) is 1. The third-order valence-electron chi connectivity index (χ3n) is 5.79. The van der Waals surface area contributed by atoms with Gasteiger partial charge in [0.05, 0.1) is 22.9 Å². The van der Waals surface area contributed by atoms with Gasteiger partial charge in [0.2, 0.25) is 0 Å². The summed E-state index contributed by atoms with van der Waals surface area (Å²) < 4.78 is 7.44. The zero-order valence-electron chi connectivity index (χ0n) is 19.4. The van der Waals surface area contributed by atoms with Gasteiger partial charge >= 0.3 is 0 Å². The molecule has 0 aliphatic heterocycles. The molecule has 3 aromatic rings. The monoisotopic (exact) mass is 453 g/mol. The molecule has 0 amide bonds. The molecule has 0 saturated heterocycles. The van der Waals surface area contributed by atoms with E-state index in [2.05, 4.69) is 43.9 Å². The zero-order chi connectivity index (χ0) is 22.8. The fraction of sp³-hybridized carbons (Fsp3) is 0.478. The smallest absolute Gasteiger partial charge is 0.151 e. The second kappa shape index (κ2) is 9.38. The largest absolute Gasteiger partial charge is 0.381 e. The number of nitrogens with zero attached hydrogens (tertiary/aromatic N) is 6. The summed E-state index contributed by atoms with van der Waals surface area (Å²) in [5.41, 5.74) is 2.15. The van der Waals surface area contributed by atoms with Crippen molar-refractivity contribution in [1.29, 1.82) is 0 Å². The van der Waals surface area contributed by atoms with E-state index in [9.17, 15) is 0 Å². The molecule has 9 heteroatoms. The highest BCUT2D eigenvalue weighted by Crippen LogP contribution is 2.40. The van der Waals surface area contributed by atoms with E-state index in [4.69, 9.17) is 19.8 Å². The third-order valence-corrected chi connectivity index (χ3v) is 7.00. The van der Waals surface area contributed by atoms with Gasteiger partial charge in [-0.2, -0.15) is 5.10 Å². The summed E-state index contributed by atoms with van der Waals surface area (Å²) in [5, 5.41) is 9.53. The fourth-order valence-electron chi connectivity index (χ4n) is 3.86. The molecular weight excluding hydrogens is 422 g/mol. The Hall–Kier alpha value is -2.78. The van der Waals surface area contributed by atoms with Crippen molar-refractivity contribution in [2.24, 2.45) is 4.99 Å². The Kier molecular flexibility index (Phi) is 6.57. The molecule has 1 fully saturated rings. The molecule has 0 atom stereocenters. The second-order valence-corrected chi connectivity index (χ2v) is 9.56. The molecule has 0 unspecified atom stereocenters. The van der Waals surface area contributed by atoms with Crippen LogP contribution in [0.15, 0.2) is 29.7 Å². The van der Waals surface area contributed by atoms with Crippen LogP contribution in [0.25, 0.3) is 20.8 Å². The minimum absolute atomic E-state index is 0.322. The standard InChI is InChI=1S/C23H31N7OS/c1-14(2)30-9-7-18(28-30)21-15(3)20-22(25-16-11-17(12-16)31-6)26-19(27-23(20)32-21)13-29(5)10-8-24-4/h7-10,14,16-17H,4,11-13H2,1-3,5-6H3,(H,25,26,27)/b10-8-. The Morgan fingerprint density at radius 3 is 2.84 bits per heavy atom. The first-order valence-electron chi connectivity index (χ1n) is 10.9. The van der Waals surface area contributed by atoms with Crippen molar-refractivity contribution in [2.45, 2.75) is 58.3 Å². The molecule has 4 rings (SSSR count). The number of aryl methyl sites for hydroxylation is 1. The number of fused-ring (bicyclic) bond motifs is 1. The molecule has 0 aromatic carbocycles. The molecule has 1 aliphatic carbocycles. The van der Waals surface area contributed by atoms with Crippen LogP contribution in [0.2, 0.25) is 0 Å². The van der Waals surface area contributed by atoms with Crippen molar-refractivity contribution in [3.8, 4) is 10.6 Å². The SMILES string of the molecule is C=N/C=C\N(C)Cc1nc(NC2CC(OC)C2)c2c(C)c(-c3ccn(C(C)C)n3)sc2n1. The van der Waals surface area contributed by atoms with Crippen molar-refractivity contribution in [1.82, 2.24) is 24.6 Å². The normalized spacial score (nSPS) is 18.4. The summed E-state index contributed by atoms with van der Waals surface area (Å²) in [5.74, 6) is 1.66. The number of thiophene rings is 1. The Morgan fingerprint density at radius 2 is 2.19 bits per heavy atom. The highest BCUT2D eigenvalue weighted by atomic mass is 32.1. The third kappa shape index (κ3) is 4.54. The Labute approximate surface area is 193 Å². The summed E-state index contributed by atoms with van der Waals surface area (Å²) >= 11 is 1.68. The van der Waals surface area contributed by atoms with Crippen molar-refractivity contribution < 1.29 is 4.74 Å². The summed E-state index contributed by atoms with van der Waals surface area (Å²) in [7, 11) is 3.75. The predicted octanol–water partition coefficient (Wildman–Crippen LogP) is 4.64. The van der Waals surface area contributed by atoms with E-state index in [-0.39, 0.29) is 0 Å². The second-order valence-electron chi connectivity index (χ2n) is 8.57. The number of hydrogen-bond donors (Lipinski definition) is 1. The fourth-order valence-corrected chi connectivity index (χ4v) is 5.02. The molecule has 3 heterocycles. The molecule has 1 N–H and O–H groups in total. The van der Waals surface area contributed by atoms with Crippen LogP contribution in [0.4, 0.5) is 5.82 Å². The molecule has 170 valence electrons. The quantitative estimate of drug-likeness (QED) is 0.476. The van der Waals surface area contributed by atoms with Crippen molar-refractivity contribution >= 4 is 34.1 Å². The molecule has 0 spiro atoms. The predicted molar refractivity (Wildman–Crippen MR) is 131 cm³/mol. The van der Waals surface area contributed by atoms with Crippen LogP contribution in [0.3, 0.4) is 0 Å². The van der Waals surface area contributed by atoms with Crippen LogP contribution in [0.1, 0.15) is 44.1 Å². The number of aliphatic imine (C=N–C) groups is 1.